The van der Waals surface area contributed by atoms with Crippen LogP contribution in [0.1, 0.15) is 42.0 Å². The van der Waals surface area contributed by atoms with E-state index in [1.54, 1.807) is 17.8 Å². The fourth-order valence-electron chi connectivity index (χ4n) is 3.58. The minimum absolute atomic E-state index is 0.179. The van der Waals surface area contributed by atoms with Gasteiger partial charge in [0.2, 0.25) is 11.8 Å². The Kier molecular flexibility index (Phi) is 5.98. The molecule has 0 spiro atoms. The van der Waals surface area contributed by atoms with Gasteiger partial charge in [0, 0.05) is 17.7 Å². The van der Waals surface area contributed by atoms with Crippen LogP contribution in [0.25, 0.3) is 11.5 Å². The van der Waals surface area contributed by atoms with Crippen molar-refractivity contribution < 1.29 is 9.52 Å². The number of hydrogen-bond donors (Lipinski definition) is 1. The van der Waals surface area contributed by atoms with E-state index in [0.717, 1.165) is 23.4 Å². The van der Waals surface area contributed by atoms with Crippen molar-refractivity contribution in [2.45, 2.75) is 31.6 Å². The maximum atomic E-state index is 10.2. The van der Waals surface area contributed by atoms with E-state index in [0.29, 0.717) is 11.8 Å². The zero-order chi connectivity index (χ0) is 19.3. The van der Waals surface area contributed by atoms with Crippen LogP contribution in [-0.4, -0.2) is 39.0 Å². The van der Waals surface area contributed by atoms with Crippen LogP contribution in [0.3, 0.4) is 0 Å². The Hall–Kier alpha value is -2.31. The van der Waals surface area contributed by atoms with Crippen LogP contribution in [0, 0.1) is 0 Å². The topological polar surface area (TPSA) is 62.4 Å². The van der Waals surface area contributed by atoms with Gasteiger partial charge in [-0.2, -0.15) is 0 Å². The van der Waals surface area contributed by atoms with E-state index in [9.17, 15) is 5.11 Å². The second-order valence-corrected chi connectivity index (χ2v) is 8.40. The first-order valence-corrected chi connectivity index (χ1v) is 10.8. The van der Waals surface area contributed by atoms with Gasteiger partial charge in [-0.3, -0.25) is 4.90 Å². The van der Waals surface area contributed by atoms with Crippen molar-refractivity contribution in [2.24, 2.45) is 0 Å². The Labute approximate surface area is 169 Å². The van der Waals surface area contributed by atoms with Gasteiger partial charge >= 0.3 is 0 Å². The largest absolute Gasteiger partial charge is 0.508 e. The molecule has 3 aromatic rings. The Morgan fingerprint density at radius 1 is 1.07 bits per heavy atom. The summed E-state index contributed by atoms with van der Waals surface area (Å²) in [6.07, 6.45) is 2.60. The standard InChI is InChI=1S/C22H25N3O2S/c1-2-28-20(18-7-3-4-8-19(18)26)22-24-23-21(27-22)17-11-9-16(10-12-17)15-25-13-5-6-14-25/h3-4,7-12,20,26H,2,5-6,13-15H2,1H3. The molecule has 1 aromatic heterocycles. The number of benzene rings is 2. The lowest BCUT2D eigenvalue weighted by Gasteiger charge is -2.14. The van der Waals surface area contributed by atoms with Crippen LogP contribution in [0.5, 0.6) is 5.75 Å². The maximum absolute atomic E-state index is 10.2. The molecule has 0 radical (unpaired) electrons. The maximum Gasteiger partial charge on any atom is 0.247 e. The first kappa shape index (κ1) is 19.0. The van der Waals surface area contributed by atoms with Crippen molar-refractivity contribution in [3.63, 3.8) is 0 Å². The molecule has 6 heteroatoms. The van der Waals surface area contributed by atoms with Crippen LogP contribution in [-0.2, 0) is 6.54 Å². The smallest absolute Gasteiger partial charge is 0.247 e. The summed E-state index contributed by atoms with van der Waals surface area (Å²) in [6.45, 7) is 5.46. The number of rotatable bonds is 7. The molecule has 0 aliphatic carbocycles. The average Bonchev–Trinajstić information content (AvgIpc) is 3.40. The summed E-state index contributed by atoms with van der Waals surface area (Å²) in [6, 6.07) is 15.7. The predicted octanol–water partition coefficient (Wildman–Crippen LogP) is 4.88. The number of phenols is 1. The van der Waals surface area contributed by atoms with Gasteiger partial charge in [-0.1, -0.05) is 37.3 Å². The molecule has 1 aliphatic heterocycles. The highest BCUT2D eigenvalue weighted by Gasteiger charge is 2.24. The van der Waals surface area contributed by atoms with E-state index in [-0.39, 0.29) is 11.0 Å². The zero-order valence-electron chi connectivity index (χ0n) is 16.0. The zero-order valence-corrected chi connectivity index (χ0v) is 16.9. The fourth-order valence-corrected chi connectivity index (χ4v) is 4.53. The molecular weight excluding hydrogens is 370 g/mol. The monoisotopic (exact) mass is 395 g/mol. The Balaban J connectivity index is 1.53. The van der Waals surface area contributed by atoms with E-state index in [4.69, 9.17) is 4.42 Å². The number of para-hydroxylation sites is 1. The van der Waals surface area contributed by atoms with Crippen LogP contribution < -0.4 is 0 Å². The molecule has 5 nitrogen and oxygen atoms in total. The molecule has 1 unspecified atom stereocenters. The quantitative estimate of drug-likeness (QED) is 0.615. The lowest BCUT2D eigenvalue weighted by molar-refractivity contribution is 0.331. The molecule has 28 heavy (non-hydrogen) atoms. The van der Waals surface area contributed by atoms with E-state index < -0.39 is 0 Å². The SMILES string of the molecule is CCSC(c1nnc(-c2ccc(CN3CCCC3)cc2)o1)c1ccccc1O. The number of aromatic nitrogens is 2. The average molecular weight is 396 g/mol. The van der Waals surface area contributed by atoms with Gasteiger partial charge in [-0.25, -0.2) is 0 Å². The third-order valence-electron chi connectivity index (χ3n) is 5.02. The summed E-state index contributed by atoms with van der Waals surface area (Å²) in [5, 5.41) is 18.6. The van der Waals surface area contributed by atoms with Gasteiger partial charge in [0.25, 0.3) is 0 Å². The summed E-state index contributed by atoms with van der Waals surface area (Å²) < 4.78 is 6.00. The van der Waals surface area contributed by atoms with Crippen molar-refractivity contribution in [1.82, 2.24) is 15.1 Å². The first-order valence-electron chi connectivity index (χ1n) is 9.79. The number of hydrogen-bond acceptors (Lipinski definition) is 6. The molecule has 0 bridgehead atoms. The van der Waals surface area contributed by atoms with Crippen LogP contribution in [0.15, 0.2) is 52.9 Å². The highest BCUT2D eigenvalue weighted by Crippen LogP contribution is 2.39. The lowest BCUT2D eigenvalue weighted by atomic mass is 10.1. The van der Waals surface area contributed by atoms with E-state index in [1.165, 1.54) is 31.5 Å². The molecule has 2 aromatic carbocycles. The van der Waals surface area contributed by atoms with Crippen molar-refractivity contribution in [3.05, 3.63) is 65.5 Å². The first-order chi connectivity index (χ1) is 13.7. The molecule has 2 heterocycles. The second kappa shape index (κ2) is 8.80. The van der Waals surface area contributed by atoms with Crippen LogP contribution in [0.2, 0.25) is 0 Å². The summed E-state index contributed by atoms with van der Waals surface area (Å²) >= 11 is 1.66. The number of nitrogens with zero attached hydrogens (tertiary/aromatic N) is 3. The summed E-state index contributed by atoms with van der Waals surface area (Å²) in [5.41, 5.74) is 3.02. The number of aromatic hydroxyl groups is 1. The molecule has 4 rings (SSSR count). The second-order valence-electron chi connectivity index (χ2n) is 7.02. The normalized spacial score (nSPS) is 15.8. The minimum Gasteiger partial charge on any atom is -0.508 e. The molecule has 1 N–H and O–H groups in total. The van der Waals surface area contributed by atoms with Crippen molar-refractivity contribution in [3.8, 4) is 17.2 Å². The summed E-state index contributed by atoms with van der Waals surface area (Å²) in [4.78, 5) is 2.48. The number of likely N-dealkylation sites (tertiary alicyclic amines) is 1. The highest BCUT2D eigenvalue weighted by atomic mass is 32.2. The summed E-state index contributed by atoms with van der Waals surface area (Å²) in [5.74, 6) is 2.16. The lowest BCUT2D eigenvalue weighted by Crippen LogP contribution is -2.18. The Bertz CT molecular complexity index is 904. The Morgan fingerprint density at radius 2 is 1.82 bits per heavy atom. The Morgan fingerprint density at radius 3 is 2.54 bits per heavy atom. The van der Waals surface area contributed by atoms with Gasteiger partial charge in [-0.05, 0) is 55.4 Å². The van der Waals surface area contributed by atoms with E-state index in [1.807, 2.05) is 30.3 Å². The summed E-state index contributed by atoms with van der Waals surface area (Å²) in [7, 11) is 0. The third kappa shape index (κ3) is 4.23. The van der Waals surface area contributed by atoms with Gasteiger partial charge in [0.15, 0.2) is 0 Å². The molecule has 0 saturated carbocycles. The molecule has 1 saturated heterocycles. The molecule has 1 fully saturated rings. The third-order valence-corrected chi connectivity index (χ3v) is 6.15. The molecule has 1 aliphatic rings. The van der Waals surface area contributed by atoms with Crippen molar-refractivity contribution >= 4 is 11.8 Å². The minimum atomic E-state index is -0.179. The van der Waals surface area contributed by atoms with Gasteiger partial charge < -0.3 is 9.52 Å². The van der Waals surface area contributed by atoms with Gasteiger partial charge in [0.05, 0.1) is 0 Å². The molecule has 0 amide bonds. The van der Waals surface area contributed by atoms with Gasteiger partial charge in [-0.15, -0.1) is 22.0 Å². The fraction of sp³-hybridized carbons (Fsp3) is 0.364. The van der Waals surface area contributed by atoms with Crippen LogP contribution >= 0.6 is 11.8 Å². The van der Waals surface area contributed by atoms with Gasteiger partial charge in [0.1, 0.15) is 11.0 Å². The highest BCUT2D eigenvalue weighted by molar-refractivity contribution is 7.99. The number of thioether (sulfide) groups is 1. The van der Waals surface area contributed by atoms with E-state index in [2.05, 4.69) is 34.2 Å². The molecular formula is C22H25N3O2S. The van der Waals surface area contributed by atoms with Crippen molar-refractivity contribution in [1.29, 1.82) is 0 Å². The molecule has 1 atom stereocenters. The van der Waals surface area contributed by atoms with Crippen LogP contribution in [0.4, 0.5) is 0 Å². The number of phenolic OH excluding ortho intramolecular Hbond substituents is 1. The van der Waals surface area contributed by atoms with Crippen molar-refractivity contribution in [2.75, 3.05) is 18.8 Å². The predicted molar refractivity (Wildman–Crippen MR) is 112 cm³/mol. The molecule has 146 valence electrons. The van der Waals surface area contributed by atoms with E-state index >= 15 is 0 Å².